The molecule has 0 saturated heterocycles. The minimum absolute atomic E-state index is 0.0169. The normalized spacial score (nSPS) is 12.8. The van der Waals surface area contributed by atoms with Crippen molar-refractivity contribution in [1.29, 1.82) is 0 Å². The van der Waals surface area contributed by atoms with Gasteiger partial charge in [-0.1, -0.05) is 74.4 Å². The highest BCUT2D eigenvalue weighted by atomic mass is 79.9. The van der Waals surface area contributed by atoms with Crippen LogP contribution in [0.15, 0.2) is 46.9 Å². The van der Waals surface area contributed by atoms with Crippen LogP contribution in [-0.2, 0) is 12.8 Å². The van der Waals surface area contributed by atoms with E-state index in [1.807, 2.05) is 42.5 Å². The lowest BCUT2D eigenvalue weighted by molar-refractivity contribution is 0.0979. The van der Waals surface area contributed by atoms with E-state index < -0.39 is 0 Å². The average Bonchev–Trinajstić information content (AvgIpc) is 2.82. The number of rotatable bonds is 10. The summed E-state index contributed by atoms with van der Waals surface area (Å²) < 4.78 is 0.965. The Bertz CT molecular complexity index is 1190. The van der Waals surface area contributed by atoms with Gasteiger partial charge in [-0.15, -0.1) is 0 Å². The molecular weight excluding hydrogens is 472 g/mol. The first-order chi connectivity index (χ1) is 16.0. The average molecular weight is 505 g/mol. The lowest BCUT2D eigenvalue weighted by Gasteiger charge is -2.21. The van der Waals surface area contributed by atoms with Gasteiger partial charge >= 0.3 is 0 Å². The number of unbranched alkanes of at least 4 members (excludes halogenated alkanes) is 6. The number of halogens is 1. The molecule has 0 unspecified atom stereocenters. The van der Waals surface area contributed by atoms with Crippen molar-refractivity contribution in [3.63, 3.8) is 0 Å². The molecule has 33 heavy (non-hydrogen) atoms. The van der Waals surface area contributed by atoms with Gasteiger partial charge in [0.05, 0.1) is 0 Å². The third-order valence-corrected chi connectivity index (χ3v) is 7.35. The molecule has 172 valence electrons. The lowest BCUT2D eigenvalue weighted by Crippen LogP contribution is -2.22. The number of carbonyl (C=O) groups excluding carboxylic acids is 2. The zero-order valence-corrected chi connectivity index (χ0v) is 21.4. The van der Waals surface area contributed by atoms with Crippen LogP contribution >= 0.6 is 15.9 Å². The number of hydrogen-bond donors (Lipinski definition) is 0. The highest BCUT2D eigenvalue weighted by Gasteiger charge is 2.31. The number of carbonyl (C=O) groups is 2. The quantitative estimate of drug-likeness (QED) is 0.202. The fourth-order valence-corrected chi connectivity index (χ4v) is 5.33. The third kappa shape index (κ3) is 5.14. The molecule has 0 atom stereocenters. The first-order valence-electron chi connectivity index (χ1n) is 12.5. The maximum atomic E-state index is 13.6. The van der Waals surface area contributed by atoms with Gasteiger partial charge in [0.15, 0.2) is 11.6 Å². The molecule has 0 radical (unpaired) electrons. The van der Waals surface area contributed by atoms with Crippen molar-refractivity contribution in [2.45, 2.75) is 78.1 Å². The number of aryl methyl sites for hydroxylation is 2. The smallest absolute Gasteiger partial charge is 0.194 e. The van der Waals surface area contributed by atoms with E-state index in [2.05, 4.69) is 29.8 Å². The number of fused-ring (bicyclic) bond motifs is 3. The van der Waals surface area contributed by atoms with Crippen LogP contribution < -0.4 is 0 Å². The predicted molar refractivity (Wildman–Crippen MR) is 141 cm³/mol. The lowest BCUT2D eigenvalue weighted by atomic mass is 9.80. The van der Waals surface area contributed by atoms with Crippen LogP contribution in [0.4, 0.5) is 0 Å². The number of hydrogen-bond acceptors (Lipinski definition) is 2. The van der Waals surface area contributed by atoms with Gasteiger partial charge in [0.25, 0.3) is 0 Å². The Morgan fingerprint density at radius 3 is 1.58 bits per heavy atom. The van der Waals surface area contributed by atoms with Gasteiger partial charge in [0.2, 0.25) is 0 Å². The second-order valence-electron chi connectivity index (χ2n) is 9.34. The molecule has 0 saturated carbocycles. The van der Waals surface area contributed by atoms with Crippen LogP contribution in [0, 0.1) is 0 Å². The van der Waals surface area contributed by atoms with E-state index in [0.717, 1.165) is 40.9 Å². The zero-order chi connectivity index (χ0) is 23.4. The van der Waals surface area contributed by atoms with E-state index in [1.54, 1.807) is 0 Å². The van der Waals surface area contributed by atoms with E-state index >= 15 is 0 Å². The Balaban J connectivity index is 1.73. The van der Waals surface area contributed by atoms with Crippen molar-refractivity contribution in [1.82, 2.24) is 0 Å². The molecule has 0 N–H and O–H groups in total. The molecule has 3 aromatic rings. The van der Waals surface area contributed by atoms with Crippen LogP contribution in [-0.4, -0.2) is 11.6 Å². The first kappa shape index (κ1) is 23.9. The van der Waals surface area contributed by atoms with Gasteiger partial charge in [-0.2, -0.15) is 0 Å². The Morgan fingerprint density at radius 2 is 1.06 bits per heavy atom. The fraction of sp³-hybridized carbons (Fsp3) is 0.400. The van der Waals surface area contributed by atoms with Gasteiger partial charge in [0, 0.05) is 26.7 Å². The highest BCUT2D eigenvalue weighted by molar-refractivity contribution is 9.10. The van der Waals surface area contributed by atoms with E-state index in [-0.39, 0.29) is 11.6 Å². The number of ketones is 2. The molecule has 4 rings (SSSR count). The Morgan fingerprint density at radius 1 is 0.576 bits per heavy atom. The minimum Gasteiger partial charge on any atom is -0.289 e. The van der Waals surface area contributed by atoms with Crippen molar-refractivity contribution < 1.29 is 9.59 Å². The summed E-state index contributed by atoms with van der Waals surface area (Å²) in [6.07, 6.45) is 11.5. The first-order valence-corrected chi connectivity index (χ1v) is 13.3. The summed E-state index contributed by atoms with van der Waals surface area (Å²) in [7, 11) is 0. The van der Waals surface area contributed by atoms with Gasteiger partial charge in [-0.25, -0.2) is 0 Å². The minimum atomic E-state index is -0.0196. The Labute approximate surface area is 205 Å². The summed E-state index contributed by atoms with van der Waals surface area (Å²) in [4.78, 5) is 27.1. The molecule has 0 heterocycles. The Hall–Kier alpha value is -2.26. The van der Waals surface area contributed by atoms with Crippen LogP contribution in [0.25, 0.3) is 10.8 Å². The molecule has 1 aliphatic rings. The van der Waals surface area contributed by atoms with Gasteiger partial charge < -0.3 is 0 Å². The van der Waals surface area contributed by atoms with Gasteiger partial charge in [0.1, 0.15) is 0 Å². The fourth-order valence-electron chi connectivity index (χ4n) is 4.95. The molecule has 1 aliphatic carbocycles. The summed E-state index contributed by atoms with van der Waals surface area (Å²) in [5, 5.41) is 1.95. The molecule has 0 bridgehead atoms. The van der Waals surface area contributed by atoms with Crippen molar-refractivity contribution >= 4 is 38.3 Å². The molecule has 0 aromatic heterocycles. The molecule has 0 aliphatic heterocycles. The van der Waals surface area contributed by atoms with Crippen LogP contribution in [0.1, 0.15) is 108 Å². The SMILES string of the molecule is CCCCCCc1cc2c(cc1CCCCCC)C(=O)c1cc3cc(Br)ccc3cc1C2=O. The van der Waals surface area contributed by atoms with Crippen molar-refractivity contribution in [3.05, 3.63) is 80.3 Å². The second-order valence-corrected chi connectivity index (χ2v) is 10.3. The summed E-state index contributed by atoms with van der Waals surface area (Å²) in [6.45, 7) is 4.45. The summed E-state index contributed by atoms with van der Waals surface area (Å²) >= 11 is 3.51. The van der Waals surface area contributed by atoms with Crippen molar-refractivity contribution in [2.24, 2.45) is 0 Å². The van der Waals surface area contributed by atoms with Crippen LogP contribution in [0.2, 0.25) is 0 Å². The summed E-state index contributed by atoms with van der Waals surface area (Å²) in [5.74, 6) is -0.0365. The summed E-state index contributed by atoms with van der Waals surface area (Å²) in [5.41, 5.74) is 4.77. The number of benzene rings is 3. The third-order valence-electron chi connectivity index (χ3n) is 6.86. The molecule has 0 amide bonds. The standard InChI is InChI=1S/C30H33BrO2/c1-3-5-7-9-11-20-16-25-26(17-21(20)12-10-8-6-4-2)30(33)28-19-23-15-24(31)14-13-22(23)18-27(28)29(25)32/h13-19H,3-12H2,1-2H3. The van der Waals surface area contributed by atoms with Crippen molar-refractivity contribution in [2.75, 3.05) is 0 Å². The summed E-state index contributed by atoms with van der Waals surface area (Å²) in [6, 6.07) is 13.8. The van der Waals surface area contributed by atoms with Crippen LogP contribution in [0.5, 0.6) is 0 Å². The second kappa shape index (κ2) is 10.8. The molecular formula is C30H33BrO2. The molecule has 3 aromatic carbocycles. The maximum absolute atomic E-state index is 13.6. The molecule has 3 heteroatoms. The van der Waals surface area contributed by atoms with Gasteiger partial charge in [-0.05, 0) is 84.0 Å². The van der Waals surface area contributed by atoms with E-state index in [1.165, 1.54) is 49.7 Å². The van der Waals surface area contributed by atoms with E-state index in [9.17, 15) is 9.59 Å². The van der Waals surface area contributed by atoms with Crippen molar-refractivity contribution in [3.8, 4) is 0 Å². The maximum Gasteiger partial charge on any atom is 0.194 e. The highest BCUT2D eigenvalue weighted by Crippen LogP contribution is 2.34. The Kier molecular flexibility index (Phi) is 7.80. The largest absolute Gasteiger partial charge is 0.289 e. The monoisotopic (exact) mass is 504 g/mol. The van der Waals surface area contributed by atoms with E-state index in [0.29, 0.717) is 22.3 Å². The van der Waals surface area contributed by atoms with E-state index in [4.69, 9.17) is 0 Å². The zero-order valence-electron chi connectivity index (χ0n) is 19.8. The van der Waals surface area contributed by atoms with Gasteiger partial charge in [-0.3, -0.25) is 9.59 Å². The van der Waals surface area contributed by atoms with Crippen LogP contribution in [0.3, 0.4) is 0 Å². The topological polar surface area (TPSA) is 34.1 Å². The molecule has 0 fully saturated rings. The molecule has 2 nitrogen and oxygen atoms in total. The molecule has 0 spiro atoms. The predicted octanol–water partition coefficient (Wildman–Crippen LogP) is 8.62.